The number of benzene rings is 5. The zero-order valence-electron chi connectivity index (χ0n) is 30.1. The fourth-order valence-electron chi connectivity index (χ4n) is 8.44. The minimum atomic E-state index is 0. The number of hydrogen-bond acceptors (Lipinski definition) is 3. The van der Waals surface area contributed by atoms with Crippen LogP contribution in [0.2, 0.25) is 0 Å². The van der Waals surface area contributed by atoms with Crippen LogP contribution in [-0.4, -0.2) is 19.3 Å². The van der Waals surface area contributed by atoms with Crippen molar-refractivity contribution in [1.82, 2.24) is 19.3 Å². The molecule has 0 atom stereocenters. The summed E-state index contributed by atoms with van der Waals surface area (Å²) in [7, 11) is 0. The zero-order valence-corrected chi connectivity index (χ0v) is 31.7. The van der Waals surface area contributed by atoms with Gasteiger partial charge in [-0.1, -0.05) is 106 Å². The van der Waals surface area contributed by atoms with Crippen LogP contribution in [-0.2, 0) is 25.8 Å². The van der Waals surface area contributed by atoms with E-state index in [1.807, 2.05) is 53.5 Å². The van der Waals surface area contributed by atoms with Crippen molar-refractivity contribution in [3.05, 3.63) is 157 Å². The van der Waals surface area contributed by atoms with E-state index in [2.05, 4.69) is 121 Å². The summed E-state index contributed by atoms with van der Waals surface area (Å²) in [6.07, 6.45) is 13.2. The van der Waals surface area contributed by atoms with Crippen molar-refractivity contribution in [2.75, 3.05) is 0 Å². The molecule has 1 aliphatic rings. The molecule has 0 spiro atoms. The molecule has 6 heteroatoms. The summed E-state index contributed by atoms with van der Waals surface area (Å²) >= 11 is 0. The van der Waals surface area contributed by atoms with Crippen molar-refractivity contribution in [2.45, 2.75) is 57.8 Å². The molecule has 8 aromatic rings. The number of para-hydroxylation sites is 1. The van der Waals surface area contributed by atoms with Crippen LogP contribution < -0.4 is 4.74 Å². The first kappa shape index (κ1) is 34.8. The standard InChI is InChI=1S/C47H42N4O.Pd/c1-3-5-25-47(26-6-4-2)42-18-9-7-16-38(42)39-23-21-33(28-43(39)47)34-31-49-50(32-34)35-14-13-15-36(29-35)52-37-22-24-41-40-17-8-10-19-44(40)51(45(41)30-37)46-20-11-12-27-48-46;/h7-24,27-32H,3-6,25-26H2,1-2H3;. The molecule has 0 fully saturated rings. The van der Waals surface area contributed by atoms with E-state index in [0.717, 1.165) is 45.0 Å². The smallest absolute Gasteiger partial charge is 0.137 e. The van der Waals surface area contributed by atoms with Crippen LogP contribution in [0.1, 0.15) is 63.5 Å². The summed E-state index contributed by atoms with van der Waals surface area (Å²) < 4.78 is 10.7. The second-order valence-corrected chi connectivity index (χ2v) is 14.1. The van der Waals surface area contributed by atoms with Crippen molar-refractivity contribution in [3.63, 3.8) is 0 Å². The Hall–Kier alpha value is -5.28. The van der Waals surface area contributed by atoms with Crippen molar-refractivity contribution in [2.24, 2.45) is 0 Å². The predicted octanol–water partition coefficient (Wildman–Crippen LogP) is 12.5. The Morgan fingerprint density at radius 1 is 0.623 bits per heavy atom. The molecular formula is C47H42N4OPd. The second-order valence-electron chi connectivity index (χ2n) is 14.1. The maximum absolute atomic E-state index is 6.52. The first-order valence-corrected chi connectivity index (χ1v) is 18.7. The van der Waals surface area contributed by atoms with Crippen LogP contribution in [0.5, 0.6) is 11.5 Å². The third-order valence-electron chi connectivity index (χ3n) is 10.9. The Morgan fingerprint density at radius 3 is 2.21 bits per heavy atom. The molecule has 9 rings (SSSR count). The first-order valence-electron chi connectivity index (χ1n) is 18.7. The molecule has 0 saturated heterocycles. The van der Waals surface area contributed by atoms with Crippen LogP contribution in [0.4, 0.5) is 0 Å². The van der Waals surface area contributed by atoms with E-state index in [1.54, 1.807) is 0 Å². The maximum Gasteiger partial charge on any atom is 0.137 e. The Labute approximate surface area is 324 Å². The third-order valence-corrected chi connectivity index (χ3v) is 10.9. The molecule has 3 aromatic heterocycles. The zero-order chi connectivity index (χ0) is 35.1. The average Bonchev–Trinajstić information content (AvgIpc) is 3.89. The fourth-order valence-corrected chi connectivity index (χ4v) is 8.44. The molecule has 0 aliphatic heterocycles. The molecule has 266 valence electrons. The van der Waals surface area contributed by atoms with Gasteiger partial charge in [0, 0.05) is 66.7 Å². The van der Waals surface area contributed by atoms with Crippen molar-refractivity contribution in [3.8, 4) is 45.3 Å². The van der Waals surface area contributed by atoms with Gasteiger partial charge in [0.15, 0.2) is 0 Å². The number of ether oxygens (including phenoxy) is 1. The topological polar surface area (TPSA) is 44.9 Å². The van der Waals surface area contributed by atoms with E-state index in [9.17, 15) is 0 Å². The van der Waals surface area contributed by atoms with Gasteiger partial charge in [-0.25, -0.2) is 9.67 Å². The molecule has 0 saturated carbocycles. The van der Waals surface area contributed by atoms with Crippen molar-refractivity contribution >= 4 is 21.8 Å². The summed E-state index contributed by atoms with van der Waals surface area (Å²) in [5, 5.41) is 7.19. The third kappa shape index (κ3) is 6.10. The van der Waals surface area contributed by atoms with Gasteiger partial charge in [0.25, 0.3) is 0 Å². The Balaban J connectivity index is 0.00000400. The van der Waals surface area contributed by atoms with Crippen molar-refractivity contribution in [1.29, 1.82) is 0 Å². The molecule has 0 amide bonds. The van der Waals surface area contributed by atoms with E-state index >= 15 is 0 Å². The van der Waals surface area contributed by atoms with Gasteiger partial charge in [-0.15, -0.1) is 0 Å². The summed E-state index contributed by atoms with van der Waals surface area (Å²) in [5.41, 5.74) is 11.3. The van der Waals surface area contributed by atoms with Crippen LogP contribution >= 0.6 is 0 Å². The number of nitrogens with zero attached hydrogens (tertiary/aromatic N) is 4. The van der Waals surface area contributed by atoms with Gasteiger partial charge in [-0.05, 0) is 89.2 Å². The Bertz CT molecular complexity index is 2540. The van der Waals surface area contributed by atoms with Gasteiger partial charge >= 0.3 is 0 Å². The quantitative estimate of drug-likeness (QED) is 0.123. The summed E-state index contributed by atoms with van der Waals surface area (Å²) in [5.74, 6) is 2.39. The molecule has 1 aliphatic carbocycles. The van der Waals surface area contributed by atoms with Gasteiger partial charge in [-0.2, -0.15) is 5.10 Å². The van der Waals surface area contributed by atoms with Gasteiger partial charge in [-0.3, -0.25) is 4.57 Å². The number of fused-ring (bicyclic) bond motifs is 6. The molecule has 3 heterocycles. The fraction of sp³-hybridized carbons (Fsp3) is 0.191. The van der Waals surface area contributed by atoms with Crippen LogP contribution in [0.3, 0.4) is 0 Å². The molecule has 0 bridgehead atoms. The Kier molecular flexibility index (Phi) is 9.60. The number of rotatable bonds is 11. The summed E-state index contributed by atoms with van der Waals surface area (Å²) in [6.45, 7) is 4.62. The molecule has 5 nitrogen and oxygen atoms in total. The minimum Gasteiger partial charge on any atom is -0.457 e. The van der Waals surface area contributed by atoms with E-state index < -0.39 is 0 Å². The SMILES string of the molecule is CCCCC1(CCCC)c2ccccc2-c2ccc(-c3cnn(-c4cccc(Oc5ccc6c7ccccc7n(-c7ccccn7)c6c5)c4)c3)cc21.[Pd]. The molecule has 5 aromatic carbocycles. The average molecular weight is 785 g/mol. The van der Waals surface area contributed by atoms with E-state index in [4.69, 9.17) is 9.84 Å². The van der Waals surface area contributed by atoms with E-state index in [1.165, 1.54) is 71.7 Å². The largest absolute Gasteiger partial charge is 0.457 e. The van der Waals surface area contributed by atoms with Crippen molar-refractivity contribution < 1.29 is 25.2 Å². The molecule has 53 heavy (non-hydrogen) atoms. The monoisotopic (exact) mass is 784 g/mol. The number of unbranched alkanes of at least 4 members (excludes halogenated alkanes) is 2. The van der Waals surface area contributed by atoms with E-state index in [0.29, 0.717) is 0 Å². The number of pyridine rings is 1. The molecule has 0 unspecified atom stereocenters. The number of aromatic nitrogens is 4. The van der Waals surface area contributed by atoms with Crippen LogP contribution in [0, 0.1) is 0 Å². The first-order chi connectivity index (χ1) is 25.7. The second kappa shape index (κ2) is 14.6. The Morgan fingerprint density at radius 2 is 1.38 bits per heavy atom. The minimum absolute atomic E-state index is 0. The summed E-state index contributed by atoms with van der Waals surface area (Å²) in [6, 6.07) is 45.1. The normalized spacial score (nSPS) is 12.8. The number of hydrogen-bond donors (Lipinski definition) is 0. The molecule has 0 radical (unpaired) electrons. The maximum atomic E-state index is 6.52. The van der Waals surface area contributed by atoms with Gasteiger partial charge in [0.1, 0.15) is 17.3 Å². The van der Waals surface area contributed by atoms with Crippen LogP contribution in [0.25, 0.3) is 55.6 Å². The van der Waals surface area contributed by atoms with Gasteiger partial charge in [0.05, 0.1) is 22.9 Å². The predicted molar refractivity (Wildman–Crippen MR) is 213 cm³/mol. The van der Waals surface area contributed by atoms with E-state index in [-0.39, 0.29) is 25.8 Å². The molecule has 0 N–H and O–H groups in total. The summed E-state index contributed by atoms with van der Waals surface area (Å²) in [4.78, 5) is 4.67. The molecular weight excluding hydrogens is 743 g/mol. The van der Waals surface area contributed by atoms with Crippen LogP contribution in [0.15, 0.2) is 146 Å². The van der Waals surface area contributed by atoms with Gasteiger partial charge < -0.3 is 4.74 Å². The van der Waals surface area contributed by atoms with Gasteiger partial charge in [0.2, 0.25) is 0 Å².